The summed E-state index contributed by atoms with van der Waals surface area (Å²) in [4.78, 5) is 30.4. The third kappa shape index (κ3) is 4.24. The van der Waals surface area contributed by atoms with Crippen LogP contribution in [0.4, 0.5) is 5.82 Å². The molecule has 1 atom stereocenters. The van der Waals surface area contributed by atoms with Gasteiger partial charge in [0.25, 0.3) is 5.91 Å². The van der Waals surface area contributed by atoms with E-state index in [1.807, 2.05) is 62.9 Å². The van der Waals surface area contributed by atoms with Crippen molar-refractivity contribution in [1.82, 2.24) is 19.9 Å². The fourth-order valence-corrected chi connectivity index (χ4v) is 3.30. The number of amides is 1. The Balaban J connectivity index is 1.92. The molecule has 3 rings (SSSR count). The summed E-state index contributed by atoms with van der Waals surface area (Å²) in [5.41, 5.74) is 2.70. The van der Waals surface area contributed by atoms with Crippen LogP contribution < -0.4 is 4.90 Å². The van der Waals surface area contributed by atoms with Gasteiger partial charge in [0, 0.05) is 32.4 Å². The topological polar surface area (TPSA) is 71.5 Å². The largest absolute Gasteiger partial charge is 0.366 e. The Kier molecular flexibility index (Phi) is 5.70. The SMILES string of the molecule is CC(C)O[C@@H](C)C(=O)N1CCc2c(nc(-c3ccccn3)nc2N(C)C)C1. The van der Waals surface area contributed by atoms with E-state index < -0.39 is 6.10 Å². The number of carbonyl (C=O) groups is 1. The zero-order valence-corrected chi connectivity index (χ0v) is 16.6. The predicted molar refractivity (Wildman–Crippen MR) is 104 cm³/mol. The van der Waals surface area contributed by atoms with Crippen molar-refractivity contribution in [3.05, 3.63) is 35.7 Å². The average molecular weight is 369 g/mol. The van der Waals surface area contributed by atoms with Gasteiger partial charge in [0.05, 0.1) is 18.3 Å². The van der Waals surface area contributed by atoms with Crippen LogP contribution in [0.25, 0.3) is 11.5 Å². The van der Waals surface area contributed by atoms with Crippen LogP contribution in [-0.4, -0.2) is 58.6 Å². The van der Waals surface area contributed by atoms with Gasteiger partial charge in [-0.2, -0.15) is 0 Å². The van der Waals surface area contributed by atoms with Crippen LogP contribution in [0.5, 0.6) is 0 Å². The van der Waals surface area contributed by atoms with E-state index in [2.05, 4.69) is 4.98 Å². The molecule has 0 saturated heterocycles. The summed E-state index contributed by atoms with van der Waals surface area (Å²) in [6.07, 6.45) is 2.01. The zero-order chi connectivity index (χ0) is 19.6. The van der Waals surface area contributed by atoms with Crippen molar-refractivity contribution in [3.8, 4) is 11.5 Å². The molecular formula is C20H27N5O2. The lowest BCUT2D eigenvalue weighted by atomic mass is 10.0. The van der Waals surface area contributed by atoms with Crippen LogP contribution in [0.15, 0.2) is 24.4 Å². The minimum Gasteiger partial charge on any atom is -0.366 e. The second-order valence-corrected chi connectivity index (χ2v) is 7.24. The minimum absolute atomic E-state index is 0.00116. The normalized spacial score (nSPS) is 14.8. The van der Waals surface area contributed by atoms with Crippen molar-refractivity contribution in [2.75, 3.05) is 25.5 Å². The van der Waals surface area contributed by atoms with Gasteiger partial charge in [-0.15, -0.1) is 0 Å². The Morgan fingerprint density at radius 1 is 1.22 bits per heavy atom. The first-order valence-corrected chi connectivity index (χ1v) is 9.29. The average Bonchev–Trinajstić information content (AvgIpc) is 2.66. The molecule has 0 spiro atoms. The van der Waals surface area contributed by atoms with Gasteiger partial charge >= 0.3 is 0 Å². The van der Waals surface area contributed by atoms with Gasteiger partial charge in [-0.25, -0.2) is 9.97 Å². The highest BCUT2D eigenvalue weighted by Crippen LogP contribution is 2.28. The minimum atomic E-state index is -0.461. The highest BCUT2D eigenvalue weighted by atomic mass is 16.5. The molecule has 0 fully saturated rings. The molecule has 3 heterocycles. The molecular weight excluding hydrogens is 342 g/mol. The highest BCUT2D eigenvalue weighted by Gasteiger charge is 2.29. The monoisotopic (exact) mass is 369 g/mol. The number of carbonyl (C=O) groups excluding carboxylic acids is 1. The summed E-state index contributed by atoms with van der Waals surface area (Å²) in [7, 11) is 3.95. The van der Waals surface area contributed by atoms with Crippen molar-refractivity contribution in [2.45, 2.75) is 45.9 Å². The first kappa shape index (κ1) is 19.2. The molecule has 0 unspecified atom stereocenters. The van der Waals surface area contributed by atoms with Crippen LogP contribution in [0.3, 0.4) is 0 Å². The Morgan fingerprint density at radius 3 is 2.63 bits per heavy atom. The summed E-state index contributed by atoms with van der Waals surface area (Å²) >= 11 is 0. The fraction of sp³-hybridized carbons (Fsp3) is 0.500. The van der Waals surface area contributed by atoms with Gasteiger partial charge in [-0.3, -0.25) is 9.78 Å². The molecule has 0 aromatic carbocycles. The lowest BCUT2D eigenvalue weighted by molar-refractivity contribution is -0.146. The summed E-state index contributed by atoms with van der Waals surface area (Å²) in [5.74, 6) is 1.47. The highest BCUT2D eigenvalue weighted by molar-refractivity contribution is 5.81. The number of aromatic nitrogens is 3. The van der Waals surface area contributed by atoms with Gasteiger partial charge in [0.15, 0.2) is 5.82 Å². The Hall–Kier alpha value is -2.54. The molecule has 0 aliphatic carbocycles. The number of hydrogen-bond acceptors (Lipinski definition) is 6. The molecule has 7 nitrogen and oxygen atoms in total. The van der Waals surface area contributed by atoms with Crippen LogP contribution >= 0.6 is 0 Å². The van der Waals surface area contributed by atoms with Crippen molar-refractivity contribution in [1.29, 1.82) is 0 Å². The Morgan fingerprint density at radius 2 is 2.00 bits per heavy atom. The molecule has 1 aliphatic rings. The Labute approximate surface area is 160 Å². The van der Waals surface area contributed by atoms with Crippen LogP contribution in [-0.2, 0) is 22.5 Å². The van der Waals surface area contributed by atoms with Crippen molar-refractivity contribution in [3.63, 3.8) is 0 Å². The molecule has 0 saturated carbocycles. The van der Waals surface area contributed by atoms with E-state index in [0.29, 0.717) is 18.9 Å². The van der Waals surface area contributed by atoms with E-state index >= 15 is 0 Å². The molecule has 1 aliphatic heterocycles. The number of anilines is 1. The van der Waals surface area contributed by atoms with Crippen molar-refractivity contribution in [2.24, 2.45) is 0 Å². The van der Waals surface area contributed by atoms with E-state index in [1.165, 1.54) is 0 Å². The second kappa shape index (κ2) is 8.00. The third-order valence-electron chi connectivity index (χ3n) is 4.50. The molecule has 144 valence electrons. The quantitative estimate of drug-likeness (QED) is 0.805. The Bertz CT molecular complexity index is 808. The maximum atomic E-state index is 12.8. The second-order valence-electron chi connectivity index (χ2n) is 7.24. The zero-order valence-electron chi connectivity index (χ0n) is 16.6. The first-order valence-electron chi connectivity index (χ1n) is 9.29. The maximum Gasteiger partial charge on any atom is 0.251 e. The van der Waals surface area contributed by atoms with E-state index in [4.69, 9.17) is 14.7 Å². The van der Waals surface area contributed by atoms with Crippen LogP contribution in [0.2, 0.25) is 0 Å². The first-order chi connectivity index (χ1) is 12.9. The lowest BCUT2D eigenvalue weighted by Crippen LogP contribution is -2.43. The number of pyridine rings is 1. The maximum absolute atomic E-state index is 12.8. The summed E-state index contributed by atoms with van der Waals surface area (Å²) in [6.45, 7) is 6.78. The summed E-state index contributed by atoms with van der Waals surface area (Å²) in [6, 6.07) is 5.68. The third-order valence-corrected chi connectivity index (χ3v) is 4.50. The van der Waals surface area contributed by atoms with Gasteiger partial charge in [0.2, 0.25) is 0 Å². The predicted octanol–water partition coefficient (Wildman–Crippen LogP) is 2.30. The standard InChI is InChI=1S/C20H27N5O2/c1-13(2)27-14(3)20(26)25-11-9-15-17(12-25)22-18(23-19(15)24(4)5)16-8-6-7-10-21-16/h6-8,10,13-14H,9,11-12H2,1-5H3/t14-/m0/s1. The van der Waals surface area contributed by atoms with Crippen molar-refractivity contribution < 1.29 is 9.53 Å². The molecule has 0 bridgehead atoms. The molecule has 2 aromatic heterocycles. The van der Waals surface area contributed by atoms with Crippen LogP contribution in [0.1, 0.15) is 32.0 Å². The van der Waals surface area contributed by atoms with Crippen LogP contribution in [0, 0.1) is 0 Å². The van der Waals surface area contributed by atoms with Gasteiger partial charge in [0.1, 0.15) is 17.6 Å². The molecule has 1 amide bonds. The number of fused-ring (bicyclic) bond motifs is 1. The van der Waals surface area contributed by atoms with Gasteiger partial charge in [-0.05, 0) is 39.3 Å². The summed E-state index contributed by atoms with van der Waals surface area (Å²) < 4.78 is 5.67. The molecule has 2 aromatic rings. The van der Waals surface area contributed by atoms with E-state index in [0.717, 1.165) is 29.2 Å². The smallest absolute Gasteiger partial charge is 0.251 e. The van der Waals surface area contributed by atoms with Gasteiger partial charge < -0.3 is 14.5 Å². The fourth-order valence-electron chi connectivity index (χ4n) is 3.30. The molecule has 7 heteroatoms. The lowest BCUT2D eigenvalue weighted by Gasteiger charge is -2.32. The van der Waals surface area contributed by atoms with E-state index in [9.17, 15) is 4.79 Å². The molecule has 27 heavy (non-hydrogen) atoms. The van der Waals surface area contributed by atoms with E-state index in [1.54, 1.807) is 6.20 Å². The van der Waals surface area contributed by atoms with Crippen molar-refractivity contribution >= 4 is 11.7 Å². The summed E-state index contributed by atoms with van der Waals surface area (Å²) in [5, 5.41) is 0. The van der Waals surface area contributed by atoms with E-state index in [-0.39, 0.29) is 12.0 Å². The molecule has 0 N–H and O–H groups in total. The number of rotatable bonds is 5. The number of nitrogens with zero attached hydrogens (tertiary/aromatic N) is 5. The number of hydrogen-bond donors (Lipinski definition) is 0. The molecule has 0 radical (unpaired) electrons. The van der Waals surface area contributed by atoms with Gasteiger partial charge in [-0.1, -0.05) is 6.07 Å². The number of ether oxygens (including phenoxy) is 1.